The van der Waals surface area contributed by atoms with Gasteiger partial charge in [-0.2, -0.15) is 0 Å². The van der Waals surface area contributed by atoms with Gasteiger partial charge in [0, 0.05) is 12.8 Å². The zero-order valence-electron chi connectivity index (χ0n) is 57.2. The predicted molar refractivity (Wildman–Crippen MR) is 370 cm³/mol. The molecule has 0 fully saturated rings. The molecule has 84 heavy (non-hydrogen) atoms. The van der Waals surface area contributed by atoms with Crippen molar-refractivity contribution in [2.75, 3.05) is 13.2 Å². The molecular weight excluding hydrogens is 1030 g/mol. The summed E-state index contributed by atoms with van der Waals surface area (Å²) in [5.41, 5.74) is 0. The van der Waals surface area contributed by atoms with Gasteiger partial charge in [-0.1, -0.05) is 391 Å². The number of hydrogen-bond donors (Lipinski definition) is 3. The molecule has 0 spiro atoms. The number of esters is 1. The first-order valence-corrected chi connectivity index (χ1v) is 38.6. The van der Waals surface area contributed by atoms with Crippen LogP contribution in [-0.4, -0.2) is 47.4 Å². The Labute approximate surface area is 526 Å². The molecule has 0 rings (SSSR count). The first-order valence-electron chi connectivity index (χ1n) is 38.6. The van der Waals surface area contributed by atoms with E-state index < -0.39 is 12.1 Å². The summed E-state index contributed by atoms with van der Waals surface area (Å²) in [6.07, 6.45) is 94.0. The SMILES string of the molecule is CCCCCCCCCCCCCCCCCCCCCCCCC(O)C(CO)NC(=O)CCCCCCCCCCCCCCCCC/C=C\C/C=C\CCCCCCCCCCCOC(=O)CCCCCCCCCCCCCCCC. The topological polar surface area (TPSA) is 95.9 Å². The molecule has 498 valence electrons. The number of rotatable bonds is 73. The van der Waals surface area contributed by atoms with Crippen LogP contribution in [0.5, 0.6) is 0 Å². The number of nitrogens with one attached hydrogen (secondary N) is 1. The minimum Gasteiger partial charge on any atom is -0.466 e. The third-order valence-corrected chi connectivity index (χ3v) is 18.3. The van der Waals surface area contributed by atoms with Crippen molar-refractivity contribution < 1.29 is 24.5 Å². The van der Waals surface area contributed by atoms with Crippen molar-refractivity contribution in [2.24, 2.45) is 0 Å². The maximum atomic E-state index is 12.6. The number of unbranched alkanes of at least 4 members (excludes halogenated alkanes) is 58. The summed E-state index contributed by atoms with van der Waals surface area (Å²) >= 11 is 0. The molecule has 0 saturated heterocycles. The second-order valence-electron chi connectivity index (χ2n) is 26.7. The van der Waals surface area contributed by atoms with E-state index in [1.807, 2.05) is 0 Å². The number of carbonyl (C=O) groups is 2. The average Bonchev–Trinajstić information content (AvgIpc) is 3.51. The van der Waals surface area contributed by atoms with Gasteiger partial charge in [0.1, 0.15) is 0 Å². The quantitative estimate of drug-likeness (QED) is 0.0320. The van der Waals surface area contributed by atoms with Crippen molar-refractivity contribution >= 4 is 11.9 Å². The van der Waals surface area contributed by atoms with Gasteiger partial charge in [-0.15, -0.1) is 0 Å². The molecule has 0 saturated carbocycles. The maximum Gasteiger partial charge on any atom is 0.305 e. The lowest BCUT2D eigenvalue weighted by Gasteiger charge is -2.22. The van der Waals surface area contributed by atoms with Gasteiger partial charge < -0.3 is 20.3 Å². The zero-order valence-corrected chi connectivity index (χ0v) is 57.2. The Hall–Kier alpha value is -1.66. The van der Waals surface area contributed by atoms with Crippen LogP contribution >= 0.6 is 0 Å². The summed E-state index contributed by atoms with van der Waals surface area (Å²) in [5.74, 6) is -0.0127. The number of aliphatic hydroxyl groups excluding tert-OH is 2. The molecular formula is C78H151NO5. The molecule has 0 aromatic rings. The molecule has 0 bridgehead atoms. The summed E-state index contributed by atoms with van der Waals surface area (Å²) < 4.78 is 5.49. The molecule has 0 aliphatic heterocycles. The van der Waals surface area contributed by atoms with Crippen LogP contribution in [0.2, 0.25) is 0 Å². The largest absolute Gasteiger partial charge is 0.466 e. The minimum absolute atomic E-state index is 0.0164. The van der Waals surface area contributed by atoms with Crippen molar-refractivity contribution in [1.82, 2.24) is 5.32 Å². The molecule has 1 amide bonds. The van der Waals surface area contributed by atoms with Crippen LogP contribution in [0.25, 0.3) is 0 Å². The fraction of sp³-hybridized carbons (Fsp3) is 0.923. The minimum atomic E-state index is -0.665. The third-order valence-electron chi connectivity index (χ3n) is 18.3. The lowest BCUT2D eigenvalue weighted by Crippen LogP contribution is -2.45. The fourth-order valence-electron chi connectivity index (χ4n) is 12.4. The van der Waals surface area contributed by atoms with Crippen molar-refractivity contribution in [3.05, 3.63) is 24.3 Å². The highest BCUT2D eigenvalue weighted by molar-refractivity contribution is 5.76. The van der Waals surface area contributed by atoms with Gasteiger partial charge in [0.05, 0.1) is 25.4 Å². The van der Waals surface area contributed by atoms with Gasteiger partial charge in [-0.3, -0.25) is 9.59 Å². The third kappa shape index (κ3) is 69.4. The first-order chi connectivity index (χ1) is 41.5. The molecule has 0 aliphatic rings. The molecule has 6 nitrogen and oxygen atoms in total. The lowest BCUT2D eigenvalue weighted by atomic mass is 10.0. The van der Waals surface area contributed by atoms with Gasteiger partial charge in [0.2, 0.25) is 5.91 Å². The smallest absolute Gasteiger partial charge is 0.305 e. The average molecular weight is 1180 g/mol. The number of allylic oxidation sites excluding steroid dienone is 4. The Balaban J connectivity index is 3.38. The molecule has 2 atom stereocenters. The second-order valence-corrected chi connectivity index (χ2v) is 26.7. The zero-order chi connectivity index (χ0) is 60.6. The van der Waals surface area contributed by atoms with E-state index in [2.05, 4.69) is 43.5 Å². The van der Waals surface area contributed by atoms with E-state index in [1.165, 1.54) is 360 Å². The molecule has 6 heteroatoms. The van der Waals surface area contributed by atoms with E-state index in [-0.39, 0.29) is 18.5 Å². The molecule has 0 heterocycles. The van der Waals surface area contributed by atoms with Gasteiger partial charge in [-0.25, -0.2) is 0 Å². The van der Waals surface area contributed by atoms with Crippen molar-refractivity contribution in [2.45, 2.75) is 450 Å². The van der Waals surface area contributed by atoms with Crippen LogP contribution in [-0.2, 0) is 14.3 Å². The highest BCUT2D eigenvalue weighted by Crippen LogP contribution is 2.20. The van der Waals surface area contributed by atoms with E-state index in [0.717, 1.165) is 44.9 Å². The number of hydrogen-bond acceptors (Lipinski definition) is 5. The Kier molecular flexibility index (Phi) is 72.3. The number of ether oxygens (including phenoxy) is 1. The summed E-state index contributed by atoms with van der Waals surface area (Å²) in [5, 5.41) is 23.5. The standard InChI is InChI=1S/C78H151NO5/c1-3-5-7-9-11-13-15-17-19-20-21-22-34-37-40-43-46-50-54-58-62-66-70-76(81)75(74-80)79-77(82)71-67-63-59-55-51-47-44-41-38-35-32-30-28-26-24-23-25-27-29-31-33-36-39-42-45-49-53-57-61-65-69-73-84-78(83)72-68-64-60-56-52-48-18-16-14-12-10-8-6-4-2/h25,27,31,33,75-76,80-81H,3-24,26,28-30,32,34-74H2,1-2H3,(H,79,82)/b27-25-,33-31-. The van der Waals surface area contributed by atoms with Crippen molar-refractivity contribution in [3.63, 3.8) is 0 Å². The normalized spacial score (nSPS) is 12.6. The van der Waals surface area contributed by atoms with Gasteiger partial charge in [-0.05, 0) is 57.8 Å². The Bertz CT molecular complexity index is 1320. The van der Waals surface area contributed by atoms with Crippen LogP contribution in [0, 0.1) is 0 Å². The summed E-state index contributed by atoms with van der Waals surface area (Å²) in [6, 6.07) is -0.542. The fourth-order valence-corrected chi connectivity index (χ4v) is 12.4. The Morgan fingerprint density at radius 3 is 0.905 bits per heavy atom. The van der Waals surface area contributed by atoms with E-state index in [1.54, 1.807) is 0 Å². The van der Waals surface area contributed by atoms with Crippen LogP contribution in [0.3, 0.4) is 0 Å². The van der Waals surface area contributed by atoms with E-state index in [4.69, 9.17) is 4.74 Å². The number of carbonyl (C=O) groups excluding carboxylic acids is 2. The second kappa shape index (κ2) is 73.8. The van der Waals surface area contributed by atoms with Crippen molar-refractivity contribution in [3.8, 4) is 0 Å². The summed E-state index contributed by atoms with van der Waals surface area (Å²) in [7, 11) is 0. The first kappa shape index (κ1) is 82.3. The molecule has 3 N–H and O–H groups in total. The van der Waals surface area contributed by atoms with Gasteiger partial charge in [0.25, 0.3) is 0 Å². The monoisotopic (exact) mass is 1180 g/mol. The maximum absolute atomic E-state index is 12.6. The number of aliphatic hydroxyl groups is 2. The van der Waals surface area contributed by atoms with Gasteiger partial charge in [0.15, 0.2) is 0 Å². The molecule has 0 radical (unpaired) electrons. The molecule has 0 aliphatic carbocycles. The summed E-state index contributed by atoms with van der Waals surface area (Å²) in [6.45, 7) is 5.00. The van der Waals surface area contributed by atoms with Gasteiger partial charge >= 0.3 is 5.97 Å². The number of amides is 1. The van der Waals surface area contributed by atoms with Crippen LogP contribution in [0.15, 0.2) is 24.3 Å². The van der Waals surface area contributed by atoms with E-state index >= 15 is 0 Å². The highest BCUT2D eigenvalue weighted by atomic mass is 16.5. The van der Waals surface area contributed by atoms with Crippen LogP contribution in [0.4, 0.5) is 0 Å². The lowest BCUT2D eigenvalue weighted by molar-refractivity contribution is -0.143. The summed E-state index contributed by atoms with van der Waals surface area (Å²) in [4.78, 5) is 24.6. The molecule has 0 aromatic carbocycles. The van der Waals surface area contributed by atoms with Crippen LogP contribution in [0.1, 0.15) is 438 Å². The molecule has 0 aromatic heterocycles. The van der Waals surface area contributed by atoms with E-state index in [0.29, 0.717) is 25.9 Å². The Morgan fingerprint density at radius 1 is 0.333 bits per heavy atom. The predicted octanol–water partition coefficient (Wildman–Crippen LogP) is 25.3. The molecule has 2 unspecified atom stereocenters. The van der Waals surface area contributed by atoms with E-state index in [9.17, 15) is 19.8 Å². The van der Waals surface area contributed by atoms with Crippen molar-refractivity contribution in [1.29, 1.82) is 0 Å². The highest BCUT2D eigenvalue weighted by Gasteiger charge is 2.20. The Morgan fingerprint density at radius 2 is 0.595 bits per heavy atom. The van der Waals surface area contributed by atoms with Crippen LogP contribution < -0.4 is 5.32 Å².